The van der Waals surface area contributed by atoms with Crippen molar-refractivity contribution in [2.24, 2.45) is 4.99 Å². The molecule has 2 heterocycles. The molecule has 3 aromatic rings. The molecule has 0 fully saturated rings. The molecule has 5 rings (SSSR count). The summed E-state index contributed by atoms with van der Waals surface area (Å²) < 4.78 is 5.60. The van der Waals surface area contributed by atoms with Gasteiger partial charge >= 0.3 is 26.2 Å². The molecular weight excluding hydrogens is 456 g/mol. The van der Waals surface area contributed by atoms with Gasteiger partial charge in [0.25, 0.3) is 0 Å². The number of hydrogen-bond donors (Lipinski definition) is 0. The average Bonchev–Trinajstić information content (AvgIpc) is 3.29. The predicted octanol–water partition coefficient (Wildman–Crippen LogP) is -0.0264. The van der Waals surface area contributed by atoms with Gasteiger partial charge in [-0.2, -0.15) is 0 Å². The first-order valence-corrected chi connectivity index (χ1v) is 8.07. The topological polar surface area (TPSA) is 25.5 Å². The maximum Gasteiger partial charge on any atom is 3.00 e. The number of rotatable bonds is 1. The average molecular weight is 475 g/mol. The van der Waals surface area contributed by atoms with Crippen molar-refractivity contribution >= 4 is 16.5 Å². The van der Waals surface area contributed by atoms with Crippen LogP contribution in [0, 0.1) is 6.92 Å². The van der Waals surface area contributed by atoms with E-state index in [9.17, 15) is 0 Å². The van der Waals surface area contributed by atoms with Crippen LogP contribution in [0.4, 0.5) is 0 Å². The molecule has 0 unspecified atom stereocenters. The second kappa shape index (κ2) is 10.1. The van der Waals surface area contributed by atoms with Gasteiger partial charge in [0.2, 0.25) is 0 Å². The van der Waals surface area contributed by atoms with Gasteiger partial charge in [0.05, 0.1) is 17.2 Å². The maximum atomic E-state index is 5.60. The zero-order chi connectivity index (χ0) is 16.5. The van der Waals surface area contributed by atoms with Crippen LogP contribution < -0.4 is 24.8 Å². The third-order valence-electron chi connectivity index (χ3n) is 4.13. The van der Waals surface area contributed by atoms with Crippen molar-refractivity contribution in [1.82, 2.24) is 0 Å². The Morgan fingerprint density at radius 2 is 1.78 bits per heavy atom. The Morgan fingerprint density at radius 1 is 1.00 bits per heavy atom. The van der Waals surface area contributed by atoms with Gasteiger partial charge in [-0.3, -0.25) is 4.99 Å². The molecule has 0 amide bonds. The van der Waals surface area contributed by atoms with Gasteiger partial charge in [-0.05, 0) is 38.1 Å². The Bertz CT molecular complexity index is 1000. The van der Waals surface area contributed by atoms with E-state index in [0.29, 0.717) is 0 Å². The maximum absolute atomic E-state index is 5.60. The van der Waals surface area contributed by atoms with Crippen LogP contribution in [0.2, 0.25) is 0 Å². The fourth-order valence-corrected chi connectivity index (χ4v) is 2.98. The molecule has 0 bridgehead atoms. The van der Waals surface area contributed by atoms with E-state index in [-0.39, 0.29) is 51.0 Å². The van der Waals surface area contributed by atoms with Gasteiger partial charge in [0.15, 0.2) is 0 Å². The summed E-state index contributed by atoms with van der Waals surface area (Å²) >= 11 is 0. The third kappa shape index (κ3) is 5.26. The van der Waals surface area contributed by atoms with Gasteiger partial charge in [-0.25, -0.2) is 0 Å². The van der Waals surface area contributed by atoms with Crippen LogP contribution in [-0.2, 0) is 26.2 Å². The molecule has 1 aromatic heterocycles. The Balaban J connectivity index is 0.000000266. The first-order valence-electron chi connectivity index (χ1n) is 8.07. The number of allylic oxidation sites excluding steroid dienone is 4. The Labute approximate surface area is 191 Å². The molecular formula is C22H18Cl2NOZr. The minimum atomic E-state index is 0. The van der Waals surface area contributed by atoms with Crippen LogP contribution in [0.5, 0.6) is 0 Å². The van der Waals surface area contributed by atoms with E-state index in [1.807, 2.05) is 38.1 Å². The van der Waals surface area contributed by atoms with Crippen LogP contribution in [0.25, 0.3) is 22.1 Å². The number of hydrogen-bond acceptors (Lipinski definition) is 2. The smallest absolute Gasteiger partial charge is 1.00 e. The van der Waals surface area contributed by atoms with Gasteiger partial charge in [-0.15, -0.1) is 29.0 Å². The number of nitrogens with zero attached hydrogens (tertiary/aromatic N) is 1. The standard InChI is InChI=1S/C14H11O.C8H7N.2ClH.Zr/c1-10-6-7-14(15-10)13-8-11-4-2-3-5-12(11)9-13;1-6-5-7-3-2-4-8(7)9-6;;;/h2-9H,1H3;2-5H,1H3;2*1H;/q-1;;;;+3/p-2. The summed E-state index contributed by atoms with van der Waals surface area (Å²) in [5.41, 5.74) is 4.64. The summed E-state index contributed by atoms with van der Waals surface area (Å²) in [6.45, 7) is 3.98. The van der Waals surface area contributed by atoms with Crippen LogP contribution in [0.3, 0.4) is 0 Å². The van der Waals surface area contributed by atoms with Crippen molar-refractivity contribution in [1.29, 1.82) is 0 Å². The number of furan rings is 1. The first kappa shape index (κ1) is 23.5. The van der Waals surface area contributed by atoms with E-state index in [1.54, 1.807) is 0 Å². The fraction of sp³-hybridized carbons (Fsp3) is 0.0909. The Hall–Kier alpha value is -1.54. The van der Waals surface area contributed by atoms with E-state index >= 15 is 0 Å². The van der Waals surface area contributed by atoms with Gasteiger partial charge in [0, 0.05) is 11.3 Å². The quantitative estimate of drug-likeness (QED) is 0.455. The van der Waals surface area contributed by atoms with E-state index in [1.165, 1.54) is 16.3 Å². The first-order chi connectivity index (χ1) is 11.7. The Morgan fingerprint density at radius 3 is 2.44 bits per heavy atom. The van der Waals surface area contributed by atoms with Crippen molar-refractivity contribution in [3.63, 3.8) is 0 Å². The summed E-state index contributed by atoms with van der Waals surface area (Å²) in [5, 5.41) is 2.53. The molecule has 1 radical (unpaired) electrons. The molecule has 0 spiro atoms. The van der Waals surface area contributed by atoms with Crippen molar-refractivity contribution in [3.8, 4) is 11.3 Å². The zero-order valence-electron chi connectivity index (χ0n) is 15.0. The van der Waals surface area contributed by atoms with Crippen LogP contribution in [0.15, 0.2) is 93.5 Å². The molecule has 2 aliphatic rings. The van der Waals surface area contributed by atoms with Crippen LogP contribution >= 0.6 is 0 Å². The largest absolute Gasteiger partial charge is 3.00 e. The molecule has 0 saturated carbocycles. The normalized spacial score (nSPS) is 13.2. The van der Waals surface area contributed by atoms with E-state index in [2.05, 4.69) is 53.5 Å². The van der Waals surface area contributed by atoms with Crippen LogP contribution in [-0.4, -0.2) is 5.71 Å². The number of benzene rings is 1. The predicted molar refractivity (Wildman–Crippen MR) is 100 cm³/mol. The van der Waals surface area contributed by atoms with Crippen LogP contribution in [0.1, 0.15) is 12.7 Å². The van der Waals surface area contributed by atoms with Crippen molar-refractivity contribution in [2.75, 3.05) is 0 Å². The van der Waals surface area contributed by atoms with Gasteiger partial charge in [0.1, 0.15) is 0 Å². The molecule has 2 aromatic carbocycles. The fourth-order valence-electron chi connectivity index (χ4n) is 2.98. The van der Waals surface area contributed by atoms with Crippen molar-refractivity contribution in [2.45, 2.75) is 13.8 Å². The second-order valence-electron chi connectivity index (χ2n) is 6.05. The minimum absolute atomic E-state index is 0. The monoisotopic (exact) mass is 472 g/mol. The molecule has 135 valence electrons. The van der Waals surface area contributed by atoms with Gasteiger partial charge < -0.3 is 29.2 Å². The number of aryl methyl sites for hydroxylation is 1. The molecule has 0 atom stereocenters. The number of fused-ring (bicyclic) bond motifs is 2. The molecule has 5 heteroatoms. The van der Waals surface area contributed by atoms with Crippen molar-refractivity contribution in [3.05, 3.63) is 89.9 Å². The molecule has 1 aliphatic carbocycles. The summed E-state index contributed by atoms with van der Waals surface area (Å²) in [7, 11) is 0. The molecule has 27 heavy (non-hydrogen) atoms. The number of halogens is 2. The van der Waals surface area contributed by atoms with E-state index in [4.69, 9.17) is 4.42 Å². The molecule has 0 saturated heterocycles. The van der Waals surface area contributed by atoms with E-state index < -0.39 is 0 Å². The molecule has 0 N–H and O–H groups in total. The van der Waals surface area contributed by atoms with Gasteiger partial charge in [-0.1, -0.05) is 35.9 Å². The number of aliphatic imine (C=N–C) groups is 1. The second-order valence-corrected chi connectivity index (χ2v) is 6.05. The molecule has 2 nitrogen and oxygen atoms in total. The zero-order valence-corrected chi connectivity index (χ0v) is 19.0. The summed E-state index contributed by atoms with van der Waals surface area (Å²) in [6.07, 6.45) is 8.23. The Kier molecular flexibility index (Phi) is 8.82. The minimum Gasteiger partial charge on any atom is -1.00 e. The summed E-state index contributed by atoms with van der Waals surface area (Å²) in [5.74, 6) is 1.90. The third-order valence-corrected chi connectivity index (χ3v) is 4.13. The van der Waals surface area contributed by atoms with E-state index in [0.717, 1.165) is 28.5 Å². The SMILES string of the molecule is CC1=NC2=CC=CC2=C1.Cc1ccc(-c2cc3ccccc3[cH-]2)o1.[Cl-].[Cl-].[Zr+3]. The summed E-state index contributed by atoms with van der Waals surface area (Å²) in [6, 6.07) is 16.7. The molecule has 1 aliphatic heterocycles. The van der Waals surface area contributed by atoms with Crippen molar-refractivity contribution < 1.29 is 55.4 Å². The summed E-state index contributed by atoms with van der Waals surface area (Å²) in [4.78, 5) is 4.27.